The first-order valence-corrected chi connectivity index (χ1v) is 5.64. The molecule has 0 aromatic heterocycles. The Morgan fingerprint density at radius 3 is 2.50 bits per heavy atom. The van der Waals surface area contributed by atoms with E-state index in [1.807, 2.05) is 13.8 Å². The molecule has 1 amide bonds. The summed E-state index contributed by atoms with van der Waals surface area (Å²) in [7, 11) is 0. The van der Waals surface area contributed by atoms with Gasteiger partial charge in [-0.05, 0) is 38.5 Å². The molecule has 82 valence electrons. The summed E-state index contributed by atoms with van der Waals surface area (Å²) in [6.07, 6.45) is 3.86. The van der Waals surface area contributed by atoms with Crippen molar-refractivity contribution in [2.75, 3.05) is 13.1 Å². The fourth-order valence-corrected chi connectivity index (χ4v) is 1.62. The molecule has 0 bridgehead atoms. The third-order valence-corrected chi connectivity index (χ3v) is 3.23. The largest absolute Gasteiger partial charge is 0.355 e. The first kappa shape index (κ1) is 11.5. The van der Waals surface area contributed by atoms with Crippen LogP contribution in [-0.2, 0) is 4.79 Å². The van der Waals surface area contributed by atoms with E-state index in [4.69, 9.17) is 0 Å². The quantitative estimate of drug-likeness (QED) is 0.675. The summed E-state index contributed by atoms with van der Waals surface area (Å²) >= 11 is 0. The second kappa shape index (κ2) is 4.78. The van der Waals surface area contributed by atoms with Crippen LogP contribution in [0.1, 0.15) is 40.0 Å². The normalized spacial score (nSPS) is 20.2. The molecule has 1 fully saturated rings. The van der Waals surface area contributed by atoms with Crippen LogP contribution in [0.2, 0.25) is 0 Å². The molecule has 2 N–H and O–H groups in total. The highest BCUT2D eigenvalue weighted by Crippen LogP contribution is 2.47. The highest BCUT2D eigenvalue weighted by molar-refractivity contribution is 5.81. The lowest BCUT2D eigenvalue weighted by atomic mass is 10.0. The minimum atomic E-state index is -0.0565. The Morgan fingerprint density at radius 1 is 1.43 bits per heavy atom. The molecule has 0 spiro atoms. The number of hydrogen-bond acceptors (Lipinski definition) is 2. The van der Waals surface area contributed by atoms with Crippen molar-refractivity contribution >= 4 is 5.91 Å². The highest BCUT2D eigenvalue weighted by Gasteiger charge is 2.40. The number of rotatable bonds is 6. The van der Waals surface area contributed by atoms with Gasteiger partial charge in [0.25, 0.3) is 0 Å². The maximum absolute atomic E-state index is 11.4. The molecule has 0 aliphatic heterocycles. The van der Waals surface area contributed by atoms with Gasteiger partial charge >= 0.3 is 0 Å². The number of carbonyl (C=O) groups is 1. The Morgan fingerprint density at radius 2 is 2.07 bits per heavy atom. The topological polar surface area (TPSA) is 41.1 Å². The van der Waals surface area contributed by atoms with Crippen molar-refractivity contribution in [1.29, 1.82) is 0 Å². The summed E-state index contributed by atoms with van der Waals surface area (Å²) in [6.45, 7) is 7.80. The molecule has 1 aliphatic rings. The summed E-state index contributed by atoms with van der Waals surface area (Å²) in [5.74, 6) is 0.111. The minimum absolute atomic E-state index is 0.0565. The van der Waals surface area contributed by atoms with Crippen LogP contribution in [0, 0.1) is 5.41 Å². The molecule has 3 heteroatoms. The predicted molar refractivity (Wildman–Crippen MR) is 58.1 cm³/mol. The summed E-state index contributed by atoms with van der Waals surface area (Å²) in [4.78, 5) is 11.4. The highest BCUT2D eigenvalue weighted by atomic mass is 16.2. The SMILES string of the molecule is CCNC(=O)C(C)NCC1(CC)CC1. The van der Waals surface area contributed by atoms with Gasteiger partial charge in [0.2, 0.25) is 5.91 Å². The van der Waals surface area contributed by atoms with Gasteiger partial charge in [-0.3, -0.25) is 4.79 Å². The molecule has 0 aromatic carbocycles. The van der Waals surface area contributed by atoms with Crippen LogP contribution in [0.3, 0.4) is 0 Å². The van der Waals surface area contributed by atoms with Gasteiger partial charge in [-0.2, -0.15) is 0 Å². The molecule has 1 atom stereocenters. The van der Waals surface area contributed by atoms with Gasteiger partial charge in [0.15, 0.2) is 0 Å². The Bertz CT molecular complexity index is 199. The van der Waals surface area contributed by atoms with Crippen LogP contribution >= 0.6 is 0 Å². The average Bonchev–Trinajstić information content (AvgIpc) is 2.95. The lowest BCUT2D eigenvalue weighted by Gasteiger charge is -2.18. The monoisotopic (exact) mass is 198 g/mol. The Hall–Kier alpha value is -0.570. The molecule has 0 heterocycles. The van der Waals surface area contributed by atoms with Crippen LogP contribution in [0.25, 0.3) is 0 Å². The van der Waals surface area contributed by atoms with Crippen LogP contribution < -0.4 is 10.6 Å². The summed E-state index contributed by atoms with van der Waals surface area (Å²) in [5, 5.41) is 6.13. The molecule has 0 aromatic rings. The zero-order valence-corrected chi connectivity index (χ0v) is 9.52. The number of amides is 1. The van der Waals surface area contributed by atoms with E-state index in [1.165, 1.54) is 19.3 Å². The van der Waals surface area contributed by atoms with E-state index in [-0.39, 0.29) is 11.9 Å². The third kappa shape index (κ3) is 2.98. The zero-order chi connectivity index (χ0) is 10.6. The third-order valence-electron chi connectivity index (χ3n) is 3.23. The summed E-state index contributed by atoms with van der Waals surface area (Å²) in [5.41, 5.74) is 0.515. The second-order valence-corrected chi connectivity index (χ2v) is 4.35. The Balaban J connectivity index is 2.20. The Labute approximate surface area is 86.6 Å². The molecule has 0 radical (unpaired) electrons. The van der Waals surface area contributed by atoms with Crippen molar-refractivity contribution in [2.24, 2.45) is 5.41 Å². The molecule has 14 heavy (non-hydrogen) atoms. The lowest BCUT2D eigenvalue weighted by Crippen LogP contribution is -2.44. The zero-order valence-electron chi connectivity index (χ0n) is 9.52. The smallest absolute Gasteiger partial charge is 0.236 e. The van der Waals surface area contributed by atoms with Crippen molar-refractivity contribution in [2.45, 2.75) is 46.1 Å². The average molecular weight is 198 g/mol. The van der Waals surface area contributed by atoms with E-state index in [0.717, 1.165) is 6.54 Å². The van der Waals surface area contributed by atoms with E-state index in [9.17, 15) is 4.79 Å². The van der Waals surface area contributed by atoms with Crippen molar-refractivity contribution in [1.82, 2.24) is 10.6 Å². The molecule has 1 aliphatic carbocycles. The van der Waals surface area contributed by atoms with Crippen molar-refractivity contribution in [3.05, 3.63) is 0 Å². The van der Waals surface area contributed by atoms with Gasteiger partial charge in [-0.25, -0.2) is 0 Å². The van der Waals surface area contributed by atoms with E-state index in [0.29, 0.717) is 12.0 Å². The van der Waals surface area contributed by atoms with Crippen molar-refractivity contribution < 1.29 is 4.79 Å². The standard InChI is InChI=1S/C11H22N2O/c1-4-11(6-7-11)8-13-9(3)10(14)12-5-2/h9,13H,4-8H2,1-3H3,(H,12,14). The number of carbonyl (C=O) groups excluding carboxylic acids is 1. The Kier molecular flexibility index (Phi) is 3.93. The first-order chi connectivity index (χ1) is 6.63. The maximum atomic E-state index is 11.4. The van der Waals surface area contributed by atoms with E-state index in [1.54, 1.807) is 0 Å². The predicted octanol–water partition coefficient (Wildman–Crippen LogP) is 1.29. The minimum Gasteiger partial charge on any atom is -0.355 e. The lowest BCUT2D eigenvalue weighted by molar-refractivity contribution is -0.122. The van der Waals surface area contributed by atoms with Crippen LogP contribution in [0.5, 0.6) is 0 Å². The van der Waals surface area contributed by atoms with Crippen LogP contribution in [0.4, 0.5) is 0 Å². The molecule has 1 saturated carbocycles. The second-order valence-electron chi connectivity index (χ2n) is 4.35. The fraction of sp³-hybridized carbons (Fsp3) is 0.909. The van der Waals surface area contributed by atoms with Crippen LogP contribution in [0.15, 0.2) is 0 Å². The summed E-state index contributed by atoms with van der Waals surface area (Å²) < 4.78 is 0. The number of likely N-dealkylation sites (N-methyl/N-ethyl adjacent to an activating group) is 1. The van der Waals surface area contributed by atoms with Gasteiger partial charge in [0, 0.05) is 13.1 Å². The maximum Gasteiger partial charge on any atom is 0.236 e. The van der Waals surface area contributed by atoms with Gasteiger partial charge in [0.1, 0.15) is 0 Å². The summed E-state index contributed by atoms with van der Waals surface area (Å²) in [6, 6.07) is -0.0565. The van der Waals surface area contributed by atoms with Gasteiger partial charge in [0.05, 0.1) is 6.04 Å². The van der Waals surface area contributed by atoms with Gasteiger partial charge in [-0.1, -0.05) is 6.92 Å². The fourth-order valence-electron chi connectivity index (χ4n) is 1.62. The number of hydrogen-bond donors (Lipinski definition) is 2. The van der Waals surface area contributed by atoms with Gasteiger partial charge in [-0.15, -0.1) is 0 Å². The van der Waals surface area contributed by atoms with Gasteiger partial charge < -0.3 is 10.6 Å². The molecular formula is C11H22N2O. The number of nitrogens with one attached hydrogen (secondary N) is 2. The van der Waals surface area contributed by atoms with Crippen molar-refractivity contribution in [3.8, 4) is 0 Å². The first-order valence-electron chi connectivity index (χ1n) is 5.64. The molecule has 3 nitrogen and oxygen atoms in total. The van der Waals surface area contributed by atoms with Crippen molar-refractivity contribution in [3.63, 3.8) is 0 Å². The van der Waals surface area contributed by atoms with E-state index >= 15 is 0 Å². The molecular weight excluding hydrogens is 176 g/mol. The molecule has 1 rings (SSSR count). The van der Waals surface area contributed by atoms with Crippen LogP contribution in [-0.4, -0.2) is 25.0 Å². The van der Waals surface area contributed by atoms with E-state index in [2.05, 4.69) is 17.6 Å². The molecule has 1 unspecified atom stereocenters. The van der Waals surface area contributed by atoms with E-state index < -0.39 is 0 Å². The molecule has 0 saturated heterocycles.